The first-order valence-corrected chi connectivity index (χ1v) is 16.4. The molecule has 0 bridgehead atoms. The number of amides is 2. The van der Waals surface area contributed by atoms with E-state index >= 15 is 0 Å². The molecule has 0 fully saturated rings. The summed E-state index contributed by atoms with van der Waals surface area (Å²) in [7, 11) is 2.74. The van der Waals surface area contributed by atoms with Crippen LogP contribution in [0.25, 0.3) is 0 Å². The number of nitrogens with zero attached hydrogens (tertiary/aromatic N) is 2. The van der Waals surface area contributed by atoms with E-state index in [1.165, 1.54) is 64.7 Å². The summed E-state index contributed by atoms with van der Waals surface area (Å²) in [5.41, 5.74) is 0.169. The Hall–Kier alpha value is -4.65. The maximum absolute atomic E-state index is 14.5. The lowest BCUT2D eigenvalue weighted by Gasteiger charge is -2.35. The molecule has 3 aromatic carbocycles. The molecule has 0 saturated carbocycles. The van der Waals surface area contributed by atoms with Crippen LogP contribution < -0.4 is 33.3 Å². The van der Waals surface area contributed by atoms with Gasteiger partial charge in [0.25, 0.3) is 10.0 Å². The van der Waals surface area contributed by atoms with Crippen molar-refractivity contribution in [3.8, 4) is 28.7 Å². The highest BCUT2D eigenvalue weighted by Crippen LogP contribution is 2.38. The fourth-order valence-electron chi connectivity index (χ4n) is 4.95. The van der Waals surface area contributed by atoms with E-state index in [1.54, 1.807) is 43.3 Å². The Morgan fingerprint density at radius 2 is 1.40 bits per heavy atom. The SMILES string of the molecule is CC[C@H](C(=O)NC(C)(C)C)N(Cc1cccc(OC)c1)C(=O)CN(c1cc(OC)ccc1OC)S(=O)(=O)c1ccc(OC)c(OC)c1. The molecule has 0 radical (unpaired) electrons. The second-order valence-electron chi connectivity index (χ2n) is 11.6. The highest BCUT2D eigenvalue weighted by atomic mass is 32.2. The Balaban J connectivity index is 2.22. The third-order valence-corrected chi connectivity index (χ3v) is 9.00. The number of hydrogen-bond acceptors (Lipinski definition) is 9. The number of ether oxygens (including phenoxy) is 5. The molecule has 2 amide bonds. The van der Waals surface area contributed by atoms with Crippen molar-refractivity contribution in [2.45, 2.75) is 57.1 Å². The molecule has 0 aliphatic rings. The molecule has 256 valence electrons. The number of hydrogen-bond donors (Lipinski definition) is 1. The number of sulfonamides is 1. The van der Waals surface area contributed by atoms with E-state index in [9.17, 15) is 18.0 Å². The van der Waals surface area contributed by atoms with E-state index < -0.39 is 34.1 Å². The number of benzene rings is 3. The topological polar surface area (TPSA) is 133 Å². The summed E-state index contributed by atoms with van der Waals surface area (Å²) in [6.07, 6.45) is 0.266. The van der Waals surface area contributed by atoms with Crippen molar-refractivity contribution in [3.05, 3.63) is 66.2 Å². The van der Waals surface area contributed by atoms with E-state index in [4.69, 9.17) is 23.7 Å². The van der Waals surface area contributed by atoms with Crippen LogP contribution in [0, 0.1) is 0 Å². The zero-order valence-corrected chi connectivity index (χ0v) is 29.3. The Labute approximate surface area is 277 Å². The summed E-state index contributed by atoms with van der Waals surface area (Å²) in [5, 5.41) is 2.96. The van der Waals surface area contributed by atoms with Crippen molar-refractivity contribution in [2.75, 3.05) is 46.4 Å². The number of anilines is 1. The van der Waals surface area contributed by atoms with Crippen molar-refractivity contribution >= 4 is 27.5 Å². The van der Waals surface area contributed by atoms with E-state index in [0.717, 1.165) is 4.31 Å². The molecule has 1 N–H and O–H groups in total. The molecule has 13 heteroatoms. The van der Waals surface area contributed by atoms with Crippen LogP contribution in [0.5, 0.6) is 28.7 Å². The van der Waals surface area contributed by atoms with Gasteiger partial charge in [-0.3, -0.25) is 13.9 Å². The van der Waals surface area contributed by atoms with E-state index in [0.29, 0.717) is 22.8 Å². The van der Waals surface area contributed by atoms with Gasteiger partial charge in [0, 0.05) is 24.2 Å². The lowest BCUT2D eigenvalue weighted by Crippen LogP contribution is -2.55. The molecule has 0 aliphatic carbocycles. The maximum Gasteiger partial charge on any atom is 0.265 e. The van der Waals surface area contributed by atoms with Gasteiger partial charge in [0.05, 0.1) is 46.1 Å². The van der Waals surface area contributed by atoms with Crippen LogP contribution in [0.4, 0.5) is 5.69 Å². The lowest BCUT2D eigenvalue weighted by atomic mass is 10.1. The normalized spacial score (nSPS) is 12.0. The lowest BCUT2D eigenvalue weighted by molar-refractivity contribution is -0.141. The van der Waals surface area contributed by atoms with Gasteiger partial charge in [-0.15, -0.1) is 0 Å². The van der Waals surface area contributed by atoms with Crippen molar-refractivity contribution in [3.63, 3.8) is 0 Å². The summed E-state index contributed by atoms with van der Waals surface area (Å²) in [6, 6.07) is 15.0. The average Bonchev–Trinajstić information content (AvgIpc) is 3.05. The monoisotopic (exact) mass is 671 g/mol. The van der Waals surface area contributed by atoms with E-state index in [2.05, 4.69) is 5.32 Å². The number of rotatable bonds is 15. The second-order valence-corrected chi connectivity index (χ2v) is 13.5. The molecular formula is C34H45N3O9S. The van der Waals surface area contributed by atoms with Crippen LogP contribution in [-0.4, -0.2) is 78.8 Å². The maximum atomic E-state index is 14.5. The molecule has 12 nitrogen and oxygen atoms in total. The Morgan fingerprint density at radius 3 is 1.98 bits per heavy atom. The fourth-order valence-corrected chi connectivity index (χ4v) is 6.38. The average molecular weight is 672 g/mol. The zero-order chi connectivity index (χ0) is 34.9. The third kappa shape index (κ3) is 9.00. The molecule has 0 aromatic heterocycles. The van der Waals surface area contributed by atoms with Gasteiger partial charge in [-0.1, -0.05) is 19.1 Å². The van der Waals surface area contributed by atoms with Gasteiger partial charge < -0.3 is 33.9 Å². The Bertz CT molecular complexity index is 1650. The molecule has 0 saturated heterocycles. The molecule has 0 unspecified atom stereocenters. The van der Waals surface area contributed by atoms with Gasteiger partial charge in [-0.25, -0.2) is 8.42 Å². The highest BCUT2D eigenvalue weighted by molar-refractivity contribution is 7.92. The Kier molecular flexibility index (Phi) is 12.3. The van der Waals surface area contributed by atoms with Gasteiger partial charge >= 0.3 is 0 Å². The number of carbonyl (C=O) groups is 2. The third-order valence-electron chi connectivity index (χ3n) is 7.25. The molecule has 0 spiro atoms. The molecule has 0 heterocycles. The molecule has 0 aliphatic heterocycles. The van der Waals surface area contributed by atoms with Crippen LogP contribution in [0.15, 0.2) is 65.6 Å². The standard InChI is InChI=1S/C34H45N3O9S/c1-10-27(33(39)35-34(2,3)4)36(21-23-12-11-13-24(18-23)42-5)32(38)22-37(28-19-25(43-6)14-16-29(28)44-7)47(40,41)26-15-17-30(45-8)31(20-26)46-9/h11-20,27H,10,21-22H2,1-9H3,(H,35,39)/t27-/m1/s1. The van der Waals surface area contributed by atoms with Gasteiger partial charge in [-0.05, 0) is 69.2 Å². The first-order chi connectivity index (χ1) is 22.2. The van der Waals surface area contributed by atoms with Crippen LogP contribution in [0.1, 0.15) is 39.7 Å². The summed E-state index contributed by atoms with van der Waals surface area (Å²) >= 11 is 0. The molecule has 47 heavy (non-hydrogen) atoms. The predicted octanol–water partition coefficient (Wildman–Crippen LogP) is 4.65. The van der Waals surface area contributed by atoms with Crippen molar-refractivity contribution in [1.82, 2.24) is 10.2 Å². The van der Waals surface area contributed by atoms with Gasteiger partial charge in [-0.2, -0.15) is 0 Å². The Morgan fingerprint density at radius 1 is 0.787 bits per heavy atom. The van der Waals surface area contributed by atoms with E-state index in [-0.39, 0.29) is 41.0 Å². The first-order valence-electron chi connectivity index (χ1n) is 14.9. The van der Waals surface area contributed by atoms with E-state index in [1.807, 2.05) is 20.8 Å². The largest absolute Gasteiger partial charge is 0.497 e. The number of methoxy groups -OCH3 is 5. The zero-order valence-electron chi connectivity index (χ0n) is 28.4. The number of nitrogens with one attached hydrogen (secondary N) is 1. The molecule has 3 aromatic rings. The fraction of sp³-hybridized carbons (Fsp3) is 0.412. The van der Waals surface area contributed by atoms with Crippen LogP contribution in [0.2, 0.25) is 0 Å². The smallest absolute Gasteiger partial charge is 0.265 e. The molecule has 3 rings (SSSR count). The minimum Gasteiger partial charge on any atom is -0.497 e. The first kappa shape index (κ1) is 36.8. The van der Waals surface area contributed by atoms with Gasteiger partial charge in [0.1, 0.15) is 29.8 Å². The van der Waals surface area contributed by atoms with Crippen molar-refractivity contribution in [2.24, 2.45) is 0 Å². The van der Waals surface area contributed by atoms with Gasteiger partial charge in [0.2, 0.25) is 11.8 Å². The summed E-state index contributed by atoms with van der Waals surface area (Å²) in [6.45, 7) is 6.66. The van der Waals surface area contributed by atoms with Crippen LogP contribution >= 0.6 is 0 Å². The van der Waals surface area contributed by atoms with Crippen LogP contribution in [-0.2, 0) is 26.2 Å². The predicted molar refractivity (Wildman–Crippen MR) is 179 cm³/mol. The molecular weight excluding hydrogens is 626 g/mol. The summed E-state index contributed by atoms with van der Waals surface area (Å²) in [5.74, 6) is 0.600. The van der Waals surface area contributed by atoms with Gasteiger partial charge in [0.15, 0.2) is 11.5 Å². The number of carbonyl (C=O) groups excluding carboxylic acids is 2. The van der Waals surface area contributed by atoms with Crippen molar-refractivity contribution in [1.29, 1.82) is 0 Å². The van der Waals surface area contributed by atoms with Crippen LogP contribution in [0.3, 0.4) is 0 Å². The highest BCUT2D eigenvalue weighted by Gasteiger charge is 2.36. The minimum absolute atomic E-state index is 0.00555. The second kappa shape index (κ2) is 15.8. The summed E-state index contributed by atoms with van der Waals surface area (Å²) < 4.78 is 57.0. The summed E-state index contributed by atoms with van der Waals surface area (Å²) in [4.78, 5) is 29.3. The quantitative estimate of drug-likeness (QED) is 0.245. The van der Waals surface area contributed by atoms with Crippen molar-refractivity contribution < 1.29 is 41.7 Å². The minimum atomic E-state index is -4.47. The molecule has 1 atom stereocenters.